The number of aromatic nitrogens is 3. The van der Waals surface area contributed by atoms with Gasteiger partial charge in [0.2, 0.25) is 0 Å². The molecule has 76 heavy (non-hydrogen) atoms. The van der Waals surface area contributed by atoms with Crippen LogP contribution in [0.15, 0.2) is 298 Å². The summed E-state index contributed by atoms with van der Waals surface area (Å²) < 4.78 is 4.79. The van der Waals surface area contributed by atoms with E-state index in [0.717, 1.165) is 89.9 Å². The molecule has 14 rings (SSSR count). The minimum Gasteiger partial charge on any atom is -0.310 e. The Morgan fingerprint density at radius 1 is 0.224 bits per heavy atom. The fourth-order valence-corrected chi connectivity index (χ4v) is 11.2. The highest BCUT2D eigenvalue weighted by molar-refractivity contribution is 6.12. The van der Waals surface area contributed by atoms with Gasteiger partial charge in [-0.1, -0.05) is 133 Å². The summed E-state index contributed by atoms with van der Waals surface area (Å²) in [5, 5.41) is 4.84. The molecule has 0 N–H and O–H groups in total. The van der Waals surface area contributed by atoms with Crippen LogP contribution in [0.3, 0.4) is 0 Å². The standard InChI is InChI=1S/C71H49N5/c1-5-17-56(18-6-1)73(57-19-7-2-8-20-57)62-37-39-70-66(48-62)64-25-13-15-27-68(64)75(70)60-33-29-50(30-34-60)53-45-54(47-55(46-53)52-41-43-72-44-42-52)51-31-35-61(36-32-51)76-69-28-16-14-26-65(69)67-49-63(38-40-71(67)76)74(58-21-9-3-10-22-58)59-23-11-4-12-24-59/h1-49H. The first-order valence-corrected chi connectivity index (χ1v) is 25.8. The van der Waals surface area contributed by atoms with E-state index in [-0.39, 0.29) is 0 Å². The number of nitrogens with zero attached hydrogens (tertiary/aromatic N) is 5. The quantitative estimate of drug-likeness (QED) is 0.129. The van der Waals surface area contributed by atoms with Crippen LogP contribution in [0, 0.1) is 0 Å². The number of rotatable bonds is 11. The van der Waals surface area contributed by atoms with Gasteiger partial charge in [0.1, 0.15) is 0 Å². The molecule has 0 bridgehead atoms. The van der Waals surface area contributed by atoms with Crippen molar-refractivity contribution in [1.29, 1.82) is 0 Å². The van der Waals surface area contributed by atoms with Crippen LogP contribution in [0.25, 0.3) is 88.4 Å². The van der Waals surface area contributed by atoms with Gasteiger partial charge in [0.05, 0.1) is 22.1 Å². The third-order valence-electron chi connectivity index (χ3n) is 14.8. The van der Waals surface area contributed by atoms with Crippen LogP contribution in [0.2, 0.25) is 0 Å². The van der Waals surface area contributed by atoms with Gasteiger partial charge in [0, 0.05) is 79.4 Å². The third kappa shape index (κ3) is 7.95. The minimum absolute atomic E-state index is 1.11. The van der Waals surface area contributed by atoms with Gasteiger partial charge in [0.25, 0.3) is 0 Å². The molecule has 0 aliphatic rings. The van der Waals surface area contributed by atoms with E-state index in [4.69, 9.17) is 0 Å². The Hall–Kier alpha value is -10.2. The van der Waals surface area contributed by atoms with Gasteiger partial charge in [-0.3, -0.25) is 4.98 Å². The molecule has 0 unspecified atom stereocenters. The predicted molar refractivity (Wildman–Crippen MR) is 319 cm³/mol. The minimum atomic E-state index is 1.11. The van der Waals surface area contributed by atoms with Crippen molar-refractivity contribution >= 4 is 77.7 Å². The van der Waals surface area contributed by atoms with Gasteiger partial charge in [-0.15, -0.1) is 0 Å². The van der Waals surface area contributed by atoms with E-state index in [1.807, 2.05) is 12.4 Å². The molecule has 0 fully saturated rings. The summed E-state index contributed by atoms with van der Waals surface area (Å²) in [4.78, 5) is 9.02. The van der Waals surface area contributed by atoms with Crippen molar-refractivity contribution in [3.05, 3.63) is 298 Å². The summed E-state index contributed by atoms with van der Waals surface area (Å²) in [6, 6.07) is 103. The molecule has 0 atom stereocenters. The van der Waals surface area contributed by atoms with Gasteiger partial charge >= 0.3 is 0 Å². The molecule has 3 aromatic heterocycles. The average molecular weight is 972 g/mol. The zero-order valence-electron chi connectivity index (χ0n) is 41.5. The lowest BCUT2D eigenvalue weighted by atomic mass is 9.93. The topological polar surface area (TPSA) is 29.2 Å². The Bertz CT molecular complexity index is 4020. The molecule has 0 saturated carbocycles. The lowest BCUT2D eigenvalue weighted by Crippen LogP contribution is -2.09. The lowest BCUT2D eigenvalue weighted by Gasteiger charge is -2.25. The molecule has 0 amide bonds. The Morgan fingerprint density at radius 2 is 0.539 bits per heavy atom. The molecule has 3 heterocycles. The van der Waals surface area contributed by atoms with Crippen LogP contribution in [-0.4, -0.2) is 14.1 Å². The van der Waals surface area contributed by atoms with Crippen LogP contribution < -0.4 is 9.80 Å². The van der Waals surface area contributed by atoms with E-state index in [1.54, 1.807) is 0 Å². The first-order chi connectivity index (χ1) is 37.7. The molecule has 5 nitrogen and oxygen atoms in total. The van der Waals surface area contributed by atoms with Gasteiger partial charge in [-0.2, -0.15) is 0 Å². The molecule has 11 aromatic carbocycles. The normalized spacial score (nSPS) is 11.4. The maximum atomic E-state index is 4.36. The highest BCUT2D eigenvalue weighted by Crippen LogP contribution is 2.43. The first-order valence-electron chi connectivity index (χ1n) is 25.8. The third-order valence-corrected chi connectivity index (χ3v) is 14.8. The number of hydrogen-bond acceptors (Lipinski definition) is 3. The second-order valence-corrected chi connectivity index (χ2v) is 19.2. The van der Waals surface area contributed by atoms with Gasteiger partial charge in [-0.25, -0.2) is 0 Å². The Morgan fingerprint density at radius 3 is 0.908 bits per heavy atom. The number of hydrogen-bond donors (Lipinski definition) is 0. The Labute approximate surface area is 441 Å². The van der Waals surface area contributed by atoms with Crippen molar-refractivity contribution in [2.45, 2.75) is 0 Å². The van der Waals surface area contributed by atoms with Crippen LogP contribution >= 0.6 is 0 Å². The summed E-state index contributed by atoms with van der Waals surface area (Å²) >= 11 is 0. The monoisotopic (exact) mass is 971 g/mol. The van der Waals surface area contributed by atoms with Gasteiger partial charge < -0.3 is 18.9 Å². The largest absolute Gasteiger partial charge is 0.310 e. The molecule has 0 spiro atoms. The van der Waals surface area contributed by atoms with Crippen molar-refractivity contribution in [1.82, 2.24) is 14.1 Å². The van der Waals surface area contributed by atoms with Crippen molar-refractivity contribution in [2.75, 3.05) is 9.80 Å². The van der Waals surface area contributed by atoms with E-state index in [1.165, 1.54) is 32.6 Å². The zero-order chi connectivity index (χ0) is 50.4. The molecule has 358 valence electrons. The molecule has 14 aromatic rings. The smallest absolute Gasteiger partial charge is 0.0542 e. The molecule has 5 heteroatoms. The molecular formula is C71H49N5. The maximum absolute atomic E-state index is 4.36. The second-order valence-electron chi connectivity index (χ2n) is 19.2. The Kier molecular flexibility index (Phi) is 11.1. The maximum Gasteiger partial charge on any atom is 0.0542 e. The highest BCUT2D eigenvalue weighted by atomic mass is 15.1. The van der Waals surface area contributed by atoms with Crippen LogP contribution in [-0.2, 0) is 0 Å². The van der Waals surface area contributed by atoms with Crippen molar-refractivity contribution in [3.63, 3.8) is 0 Å². The fourth-order valence-electron chi connectivity index (χ4n) is 11.2. The Balaban J connectivity index is 0.826. The van der Waals surface area contributed by atoms with Crippen LogP contribution in [0.5, 0.6) is 0 Å². The van der Waals surface area contributed by atoms with Crippen molar-refractivity contribution in [3.8, 4) is 44.8 Å². The molecule has 0 aliphatic carbocycles. The summed E-state index contributed by atoms with van der Waals surface area (Å²) in [5.41, 5.74) is 20.4. The van der Waals surface area contributed by atoms with Gasteiger partial charge in [0.15, 0.2) is 0 Å². The number of pyridine rings is 1. The summed E-state index contributed by atoms with van der Waals surface area (Å²) in [7, 11) is 0. The van der Waals surface area contributed by atoms with E-state index >= 15 is 0 Å². The molecule has 0 saturated heterocycles. The lowest BCUT2D eigenvalue weighted by molar-refractivity contribution is 1.18. The molecule has 0 radical (unpaired) electrons. The summed E-state index contributed by atoms with van der Waals surface area (Å²) in [6.07, 6.45) is 3.74. The van der Waals surface area contributed by atoms with Crippen LogP contribution in [0.1, 0.15) is 0 Å². The zero-order valence-corrected chi connectivity index (χ0v) is 41.5. The first kappa shape index (κ1) is 44.5. The van der Waals surface area contributed by atoms with Crippen LogP contribution in [0.4, 0.5) is 34.1 Å². The van der Waals surface area contributed by atoms with E-state index < -0.39 is 0 Å². The van der Waals surface area contributed by atoms with E-state index in [2.05, 4.69) is 309 Å². The number of anilines is 6. The summed E-state index contributed by atoms with van der Waals surface area (Å²) in [6.45, 7) is 0. The van der Waals surface area contributed by atoms with Crippen molar-refractivity contribution < 1.29 is 0 Å². The summed E-state index contributed by atoms with van der Waals surface area (Å²) in [5.74, 6) is 0. The highest BCUT2D eigenvalue weighted by Gasteiger charge is 2.20. The van der Waals surface area contributed by atoms with Gasteiger partial charge in [-0.05, 0) is 185 Å². The van der Waals surface area contributed by atoms with E-state index in [9.17, 15) is 0 Å². The van der Waals surface area contributed by atoms with Crippen molar-refractivity contribution in [2.24, 2.45) is 0 Å². The number of fused-ring (bicyclic) bond motifs is 6. The second kappa shape index (κ2) is 19.0. The number of para-hydroxylation sites is 6. The fraction of sp³-hybridized carbons (Fsp3) is 0. The number of benzene rings is 11. The predicted octanol–water partition coefficient (Wildman–Crippen LogP) is 19.2. The van der Waals surface area contributed by atoms with E-state index in [0.29, 0.717) is 0 Å². The SMILES string of the molecule is c1ccc(N(c2ccccc2)c2ccc3c(c2)c2ccccc2n3-c2ccc(-c3cc(-c4ccncc4)cc(-c4ccc(-n5c6ccccc6c6cc(N(c7ccccc7)c7ccccc7)ccc65)cc4)c3)cc2)cc1. The molecular weight excluding hydrogens is 923 g/mol. The average Bonchev–Trinajstić information content (AvgIpc) is 4.11. The molecule has 0 aliphatic heterocycles.